The van der Waals surface area contributed by atoms with Crippen molar-refractivity contribution in [1.29, 1.82) is 0 Å². The van der Waals surface area contributed by atoms with Gasteiger partial charge in [0.05, 0.1) is 5.69 Å². The molecule has 4 bridgehead atoms. The summed E-state index contributed by atoms with van der Waals surface area (Å²) in [7, 11) is 0. The lowest BCUT2D eigenvalue weighted by molar-refractivity contribution is -0.132. The second-order valence-corrected chi connectivity index (χ2v) is 9.41. The SMILES string of the molecule is O=C(Nc1nc(-c2ccc3c(c2)OCO3)cs1)C1C2CC3CC(C2)CC1C3. The molecule has 140 valence electrons. The second kappa shape index (κ2) is 5.96. The van der Waals surface area contributed by atoms with Crippen LogP contribution in [0, 0.1) is 29.6 Å². The van der Waals surface area contributed by atoms with Crippen molar-refractivity contribution in [3.8, 4) is 22.8 Å². The van der Waals surface area contributed by atoms with Gasteiger partial charge in [-0.2, -0.15) is 0 Å². The molecule has 1 N–H and O–H groups in total. The zero-order chi connectivity index (χ0) is 18.0. The van der Waals surface area contributed by atoms with E-state index in [2.05, 4.69) is 10.3 Å². The predicted octanol–water partition coefficient (Wildman–Crippen LogP) is 4.55. The topological polar surface area (TPSA) is 60.5 Å². The summed E-state index contributed by atoms with van der Waals surface area (Å²) in [6, 6.07) is 5.83. The summed E-state index contributed by atoms with van der Waals surface area (Å²) in [5.41, 5.74) is 1.84. The van der Waals surface area contributed by atoms with Gasteiger partial charge in [-0.15, -0.1) is 11.3 Å². The Bertz CT molecular complexity index is 881. The Balaban J connectivity index is 1.19. The zero-order valence-electron chi connectivity index (χ0n) is 15.0. The van der Waals surface area contributed by atoms with Crippen LogP contribution in [0.2, 0.25) is 0 Å². The first-order chi connectivity index (χ1) is 13.2. The third kappa shape index (κ3) is 2.64. The van der Waals surface area contributed by atoms with E-state index in [1.807, 2.05) is 23.6 Å². The Hall–Kier alpha value is -2.08. The Labute approximate surface area is 162 Å². The van der Waals surface area contributed by atoms with Crippen LogP contribution in [0.1, 0.15) is 32.1 Å². The first-order valence-corrected chi connectivity index (χ1v) is 10.8. The van der Waals surface area contributed by atoms with E-state index < -0.39 is 0 Å². The number of thiazole rings is 1. The first-order valence-electron chi connectivity index (χ1n) is 9.89. The molecule has 7 rings (SSSR count). The molecule has 4 fully saturated rings. The molecule has 4 saturated carbocycles. The van der Waals surface area contributed by atoms with E-state index in [1.165, 1.54) is 43.4 Å². The highest BCUT2D eigenvalue weighted by atomic mass is 32.1. The molecule has 6 heteroatoms. The fourth-order valence-corrected chi connectivity index (χ4v) is 6.78. The van der Waals surface area contributed by atoms with Gasteiger partial charge in [0, 0.05) is 16.9 Å². The highest BCUT2D eigenvalue weighted by molar-refractivity contribution is 7.14. The van der Waals surface area contributed by atoms with Crippen LogP contribution in [0.25, 0.3) is 11.3 Å². The normalized spacial score (nSPS) is 32.7. The first kappa shape index (κ1) is 15.9. The van der Waals surface area contributed by atoms with E-state index in [0.29, 0.717) is 17.0 Å². The lowest BCUT2D eigenvalue weighted by Crippen LogP contribution is -2.49. The van der Waals surface area contributed by atoms with Crippen molar-refractivity contribution in [3.63, 3.8) is 0 Å². The maximum atomic E-state index is 13.0. The highest BCUT2D eigenvalue weighted by Gasteiger charge is 2.50. The van der Waals surface area contributed by atoms with Crippen molar-refractivity contribution < 1.29 is 14.3 Å². The van der Waals surface area contributed by atoms with Gasteiger partial charge in [-0.05, 0) is 74.0 Å². The average molecular weight is 382 g/mol. The number of aromatic nitrogens is 1. The molecule has 2 aromatic rings. The van der Waals surface area contributed by atoms with E-state index in [4.69, 9.17) is 9.47 Å². The fourth-order valence-electron chi connectivity index (χ4n) is 6.06. The standard InChI is InChI=1S/C21H22N2O3S/c24-20(19-14-4-11-3-12(6-14)7-15(19)5-11)23-21-22-16(9-27-21)13-1-2-17-18(8-13)26-10-25-17/h1-2,8-9,11-12,14-15,19H,3-7,10H2,(H,22,23,24). The number of benzene rings is 1. The molecule has 0 radical (unpaired) electrons. The molecule has 0 spiro atoms. The smallest absolute Gasteiger partial charge is 0.231 e. The van der Waals surface area contributed by atoms with Crippen LogP contribution in [0.15, 0.2) is 23.6 Å². The number of fused-ring (bicyclic) bond motifs is 1. The van der Waals surface area contributed by atoms with Crippen LogP contribution in [0.4, 0.5) is 5.13 Å². The minimum Gasteiger partial charge on any atom is -0.454 e. The minimum absolute atomic E-state index is 0.190. The number of rotatable bonds is 3. The number of hydrogen-bond donors (Lipinski definition) is 1. The van der Waals surface area contributed by atoms with E-state index in [9.17, 15) is 4.79 Å². The van der Waals surface area contributed by atoms with Crippen LogP contribution in [-0.2, 0) is 4.79 Å². The zero-order valence-corrected chi connectivity index (χ0v) is 15.8. The van der Waals surface area contributed by atoms with Gasteiger partial charge in [0.25, 0.3) is 0 Å². The van der Waals surface area contributed by atoms with Crippen LogP contribution >= 0.6 is 11.3 Å². The number of ether oxygens (including phenoxy) is 2. The molecular formula is C21H22N2O3S. The van der Waals surface area contributed by atoms with Crippen molar-refractivity contribution in [2.24, 2.45) is 29.6 Å². The highest BCUT2D eigenvalue weighted by Crippen LogP contribution is 2.56. The summed E-state index contributed by atoms with van der Waals surface area (Å²) in [4.78, 5) is 17.7. The molecular weight excluding hydrogens is 360 g/mol. The molecule has 2 heterocycles. The van der Waals surface area contributed by atoms with Crippen molar-refractivity contribution >= 4 is 22.4 Å². The number of nitrogens with zero attached hydrogens (tertiary/aromatic N) is 1. The number of hydrogen-bond acceptors (Lipinski definition) is 5. The van der Waals surface area contributed by atoms with Crippen LogP contribution < -0.4 is 14.8 Å². The van der Waals surface area contributed by atoms with Crippen LogP contribution in [-0.4, -0.2) is 17.7 Å². The minimum atomic E-state index is 0.190. The summed E-state index contributed by atoms with van der Waals surface area (Å²) < 4.78 is 10.8. The summed E-state index contributed by atoms with van der Waals surface area (Å²) in [5, 5.41) is 5.81. The van der Waals surface area contributed by atoms with E-state index in [1.54, 1.807) is 0 Å². The Morgan fingerprint density at radius 3 is 2.56 bits per heavy atom. The van der Waals surface area contributed by atoms with Crippen LogP contribution in [0.3, 0.4) is 0 Å². The predicted molar refractivity (Wildman–Crippen MR) is 103 cm³/mol. The van der Waals surface area contributed by atoms with E-state index >= 15 is 0 Å². The maximum Gasteiger partial charge on any atom is 0.231 e. The van der Waals surface area contributed by atoms with Gasteiger partial charge in [-0.3, -0.25) is 4.79 Å². The number of amides is 1. The molecule has 0 unspecified atom stereocenters. The molecule has 1 amide bonds. The lowest BCUT2D eigenvalue weighted by atomic mass is 9.51. The van der Waals surface area contributed by atoms with Crippen molar-refractivity contribution in [2.75, 3.05) is 12.1 Å². The van der Waals surface area contributed by atoms with Gasteiger partial charge in [-0.25, -0.2) is 4.98 Å². The van der Waals surface area contributed by atoms with Gasteiger partial charge in [0.2, 0.25) is 12.7 Å². The second-order valence-electron chi connectivity index (χ2n) is 8.55. The van der Waals surface area contributed by atoms with Gasteiger partial charge in [-0.1, -0.05) is 0 Å². The molecule has 1 aromatic carbocycles. The Morgan fingerprint density at radius 1 is 1.04 bits per heavy atom. The summed E-state index contributed by atoms with van der Waals surface area (Å²) in [6.45, 7) is 0.266. The maximum absolute atomic E-state index is 13.0. The average Bonchev–Trinajstić information content (AvgIpc) is 3.29. The fraction of sp³-hybridized carbons (Fsp3) is 0.524. The van der Waals surface area contributed by atoms with Crippen LogP contribution in [0.5, 0.6) is 11.5 Å². The number of nitrogens with one attached hydrogen (secondary N) is 1. The number of carbonyl (C=O) groups is 1. The number of carbonyl (C=O) groups excluding carboxylic acids is 1. The van der Waals surface area contributed by atoms with Gasteiger partial charge in [0.15, 0.2) is 16.6 Å². The van der Waals surface area contributed by atoms with Gasteiger partial charge >= 0.3 is 0 Å². The Kier molecular flexibility index (Phi) is 3.52. The van der Waals surface area contributed by atoms with Crippen molar-refractivity contribution in [3.05, 3.63) is 23.6 Å². The monoisotopic (exact) mass is 382 g/mol. The summed E-state index contributed by atoms with van der Waals surface area (Å²) in [6.07, 6.45) is 6.43. The Morgan fingerprint density at radius 2 is 1.78 bits per heavy atom. The molecule has 1 aliphatic heterocycles. The molecule has 5 aliphatic rings. The molecule has 27 heavy (non-hydrogen) atoms. The molecule has 4 aliphatic carbocycles. The molecule has 0 atom stereocenters. The lowest BCUT2D eigenvalue weighted by Gasteiger charge is -2.53. The molecule has 0 saturated heterocycles. The summed E-state index contributed by atoms with van der Waals surface area (Å²) >= 11 is 1.49. The molecule has 1 aromatic heterocycles. The quantitative estimate of drug-likeness (QED) is 0.846. The number of anilines is 1. The third-order valence-corrected chi connectivity index (χ3v) is 7.69. The van der Waals surface area contributed by atoms with Gasteiger partial charge < -0.3 is 14.8 Å². The third-order valence-electron chi connectivity index (χ3n) is 6.93. The summed E-state index contributed by atoms with van der Waals surface area (Å²) in [5.74, 6) is 4.85. The molecule has 5 nitrogen and oxygen atoms in total. The van der Waals surface area contributed by atoms with Gasteiger partial charge in [0.1, 0.15) is 0 Å². The van der Waals surface area contributed by atoms with E-state index in [-0.39, 0.29) is 18.6 Å². The van der Waals surface area contributed by atoms with E-state index in [0.717, 1.165) is 34.6 Å². The van der Waals surface area contributed by atoms with Crippen molar-refractivity contribution in [2.45, 2.75) is 32.1 Å². The largest absolute Gasteiger partial charge is 0.454 e. The van der Waals surface area contributed by atoms with Crippen molar-refractivity contribution in [1.82, 2.24) is 4.98 Å².